The van der Waals surface area contributed by atoms with Gasteiger partial charge in [0.2, 0.25) is 0 Å². The molecule has 162 valence electrons. The highest BCUT2D eigenvalue weighted by Crippen LogP contribution is 2.49. The Morgan fingerprint density at radius 2 is 1.73 bits per heavy atom. The Balaban J connectivity index is 1.60. The van der Waals surface area contributed by atoms with Crippen molar-refractivity contribution in [1.82, 2.24) is 0 Å². The third-order valence-corrected chi connectivity index (χ3v) is 7.64. The zero-order valence-electron chi connectivity index (χ0n) is 18.0. The summed E-state index contributed by atoms with van der Waals surface area (Å²) < 4.78 is 45.3. The Hall–Kier alpha value is -1.77. The average molecular weight is 415 g/mol. The van der Waals surface area contributed by atoms with Crippen LogP contribution in [0.1, 0.15) is 81.8 Å². The second-order valence-electron chi connectivity index (χ2n) is 9.59. The van der Waals surface area contributed by atoms with E-state index in [0.717, 1.165) is 30.7 Å². The quantitative estimate of drug-likeness (QED) is 0.416. The van der Waals surface area contributed by atoms with Crippen LogP contribution in [-0.2, 0) is 6.42 Å². The van der Waals surface area contributed by atoms with Crippen molar-refractivity contribution in [3.8, 4) is 0 Å². The molecule has 3 heteroatoms. The van der Waals surface area contributed by atoms with Gasteiger partial charge in [-0.2, -0.15) is 0 Å². The fourth-order valence-electron chi connectivity index (χ4n) is 6.19. The molecule has 30 heavy (non-hydrogen) atoms. The molecule has 2 fully saturated rings. The Morgan fingerprint density at radius 3 is 2.50 bits per heavy atom. The smallest absolute Gasteiger partial charge is 0.140 e. The lowest BCUT2D eigenvalue weighted by atomic mass is 9.63. The molecule has 0 radical (unpaired) electrons. The third kappa shape index (κ3) is 4.18. The van der Waals surface area contributed by atoms with Gasteiger partial charge in [0.1, 0.15) is 17.5 Å². The summed E-state index contributed by atoms with van der Waals surface area (Å²) in [6.45, 7) is 5.93. The Kier molecular flexibility index (Phi) is 6.55. The highest BCUT2D eigenvalue weighted by atomic mass is 19.1. The third-order valence-electron chi connectivity index (χ3n) is 7.64. The summed E-state index contributed by atoms with van der Waals surface area (Å²) in [4.78, 5) is 0. The van der Waals surface area contributed by atoms with Gasteiger partial charge in [0.15, 0.2) is 0 Å². The molecule has 2 aromatic carbocycles. The SMILES string of the molecule is C=CCCc1cc(F)c2c(F)c([C@@H]3CC[C@@H]4CC(CCC)CCC4C3)c(F)cc2c1. The van der Waals surface area contributed by atoms with E-state index in [2.05, 4.69) is 13.5 Å². The number of rotatable bonds is 6. The van der Waals surface area contributed by atoms with Gasteiger partial charge in [-0.1, -0.05) is 38.3 Å². The molecule has 0 heterocycles. The first kappa shape index (κ1) is 21.5. The molecular formula is C27H33F3. The van der Waals surface area contributed by atoms with Crippen molar-refractivity contribution in [2.45, 2.75) is 77.0 Å². The Bertz CT molecular complexity index is 916. The van der Waals surface area contributed by atoms with Crippen LogP contribution < -0.4 is 0 Å². The van der Waals surface area contributed by atoms with Crippen LogP contribution in [0.25, 0.3) is 10.8 Å². The van der Waals surface area contributed by atoms with Gasteiger partial charge in [0, 0.05) is 5.56 Å². The molecule has 0 N–H and O–H groups in total. The number of fused-ring (bicyclic) bond motifs is 2. The van der Waals surface area contributed by atoms with Gasteiger partial charge in [0.25, 0.3) is 0 Å². The van der Waals surface area contributed by atoms with Crippen molar-refractivity contribution >= 4 is 10.8 Å². The molecule has 4 rings (SSSR count). The summed E-state index contributed by atoms with van der Waals surface area (Å²) in [7, 11) is 0. The van der Waals surface area contributed by atoms with Gasteiger partial charge in [-0.15, -0.1) is 6.58 Å². The molecule has 4 atom stereocenters. The van der Waals surface area contributed by atoms with E-state index in [4.69, 9.17) is 0 Å². The van der Waals surface area contributed by atoms with Crippen LogP contribution >= 0.6 is 0 Å². The maximum absolute atomic E-state index is 15.4. The molecule has 0 bridgehead atoms. The molecule has 0 aliphatic heterocycles. The second kappa shape index (κ2) is 9.16. The molecular weight excluding hydrogens is 381 g/mol. The van der Waals surface area contributed by atoms with Crippen LogP contribution in [0.3, 0.4) is 0 Å². The van der Waals surface area contributed by atoms with Gasteiger partial charge in [-0.05, 0) is 91.7 Å². The van der Waals surface area contributed by atoms with Gasteiger partial charge < -0.3 is 0 Å². The average Bonchev–Trinajstić information content (AvgIpc) is 2.72. The lowest BCUT2D eigenvalue weighted by molar-refractivity contribution is 0.112. The number of benzene rings is 2. The predicted octanol–water partition coefficient (Wildman–Crippen LogP) is 8.48. The molecule has 2 unspecified atom stereocenters. The number of aryl methyl sites for hydroxylation is 1. The molecule has 0 nitrogen and oxygen atoms in total. The van der Waals surface area contributed by atoms with Crippen molar-refractivity contribution < 1.29 is 13.2 Å². The molecule has 0 amide bonds. The van der Waals surface area contributed by atoms with E-state index in [-0.39, 0.29) is 16.9 Å². The van der Waals surface area contributed by atoms with Gasteiger partial charge >= 0.3 is 0 Å². The summed E-state index contributed by atoms with van der Waals surface area (Å²) >= 11 is 0. The van der Waals surface area contributed by atoms with E-state index >= 15 is 8.78 Å². The van der Waals surface area contributed by atoms with Crippen LogP contribution in [-0.4, -0.2) is 0 Å². The number of allylic oxidation sites excluding steroid dienone is 1. The summed E-state index contributed by atoms with van der Waals surface area (Å²) in [5, 5.41) is 0.268. The van der Waals surface area contributed by atoms with Crippen LogP contribution in [0.4, 0.5) is 13.2 Å². The minimum Gasteiger partial charge on any atom is -0.207 e. The predicted molar refractivity (Wildman–Crippen MR) is 118 cm³/mol. The van der Waals surface area contributed by atoms with E-state index in [1.807, 2.05) is 0 Å². The first-order valence-corrected chi connectivity index (χ1v) is 11.7. The van der Waals surface area contributed by atoms with E-state index in [0.29, 0.717) is 30.1 Å². The topological polar surface area (TPSA) is 0 Å². The monoisotopic (exact) mass is 414 g/mol. The largest absolute Gasteiger partial charge is 0.207 e. The van der Waals surface area contributed by atoms with E-state index < -0.39 is 17.5 Å². The van der Waals surface area contributed by atoms with Crippen LogP contribution in [0.2, 0.25) is 0 Å². The zero-order chi connectivity index (χ0) is 21.3. The normalized spacial score (nSPS) is 26.5. The van der Waals surface area contributed by atoms with E-state index in [1.165, 1.54) is 44.2 Å². The Morgan fingerprint density at radius 1 is 0.967 bits per heavy atom. The summed E-state index contributed by atoms with van der Waals surface area (Å²) in [6, 6.07) is 4.45. The maximum Gasteiger partial charge on any atom is 0.140 e. The van der Waals surface area contributed by atoms with Crippen molar-refractivity contribution in [2.75, 3.05) is 0 Å². The van der Waals surface area contributed by atoms with Gasteiger partial charge in [0.05, 0.1) is 5.39 Å². The lowest BCUT2D eigenvalue weighted by Gasteiger charge is -2.42. The number of hydrogen-bond acceptors (Lipinski definition) is 0. The number of halogens is 3. The molecule has 0 saturated heterocycles. The van der Waals surface area contributed by atoms with Crippen molar-refractivity contribution in [2.24, 2.45) is 17.8 Å². The fourth-order valence-corrected chi connectivity index (χ4v) is 6.19. The van der Waals surface area contributed by atoms with Crippen molar-refractivity contribution in [3.63, 3.8) is 0 Å². The van der Waals surface area contributed by atoms with Crippen molar-refractivity contribution in [1.29, 1.82) is 0 Å². The minimum absolute atomic E-state index is 0.0532. The lowest BCUT2D eigenvalue weighted by Crippen LogP contribution is -2.31. The number of hydrogen-bond donors (Lipinski definition) is 0. The first-order valence-electron chi connectivity index (χ1n) is 11.7. The van der Waals surface area contributed by atoms with E-state index in [9.17, 15) is 4.39 Å². The minimum atomic E-state index is -0.680. The van der Waals surface area contributed by atoms with Gasteiger partial charge in [-0.3, -0.25) is 0 Å². The second-order valence-corrected chi connectivity index (χ2v) is 9.59. The molecule has 2 aromatic rings. The maximum atomic E-state index is 15.4. The summed E-state index contributed by atoms with van der Waals surface area (Å²) in [6.07, 6.45) is 12.0. The first-order chi connectivity index (χ1) is 14.5. The fraction of sp³-hybridized carbons (Fsp3) is 0.556. The highest BCUT2D eigenvalue weighted by Gasteiger charge is 2.37. The van der Waals surface area contributed by atoms with Crippen LogP contribution in [0, 0.1) is 35.2 Å². The summed E-state index contributed by atoms with van der Waals surface area (Å²) in [5.74, 6) is 0.160. The standard InChI is InChI=1S/C27H33F3/c1-3-5-7-18-13-22-16-24(29)25(27(30)26(22)23(28)14-18)21-11-10-19-12-17(6-4-2)8-9-20(19)15-21/h3,13-14,16-17,19-21H,1,4-12,15H2,2H3/t17?,19-,20?,21-/m1/s1. The van der Waals surface area contributed by atoms with Crippen molar-refractivity contribution in [3.05, 3.63) is 59.4 Å². The summed E-state index contributed by atoms with van der Waals surface area (Å²) in [5.41, 5.74) is 0.866. The zero-order valence-corrected chi connectivity index (χ0v) is 18.0. The van der Waals surface area contributed by atoms with Gasteiger partial charge in [-0.25, -0.2) is 13.2 Å². The highest BCUT2D eigenvalue weighted by molar-refractivity contribution is 5.85. The van der Waals surface area contributed by atoms with Crippen LogP contribution in [0.5, 0.6) is 0 Å². The van der Waals surface area contributed by atoms with Crippen LogP contribution in [0.15, 0.2) is 30.9 Å². The molecule has 2 aliphatic rings. The molecule has 2 aliphatic carbocycles. The van der Waals surface area contributed by atoms with E-state index in [1.54, 1.807) is 12.1 Å². The molecule has 2 saturated carbocycles. The molecule has 0 spiro atoms. The molecule has 0 aromatic heterocycles. The Labute approximate surface area is 178 Å².